The summed E-state index contributed by atoms with van der Waals surface area (Å²) < 4.78 is 5.09. The first-order valence-corrected chi connectivity index (χ1v) is 7.75. The summed E-state index contributed by atoms with van der Waals surface area (Å²) in [6, 6.07) is 7.18. The van der Waals surface area contributed by atoms with Gasteiger partial charge in [0.15, 0.2) is 0 Å². The van der Waals surface area contributed by atoms with Gasteiger partial charge in [-0.3, -0.25) is 9.59 Å². The summed E-state index contributed by atoms with van der Waals surface area (Å²) in [7, 11) is 1.59. The van der Waals surface area contributed by atoms with Crippen LogP contribution in [0.25, 0.3) is 0 Å². The van der Waals surface area contributed by atoms with Crippen LogP contribution in [0.5, 0.6) is 0 Å². The van der Waals surface area contributed by atoms with E-state index in [0.717, 1.165) is 17.5 Å². The normalized spacial score (nSPS) is 18.8. The van der Waals surface area contributed by atoms with Crippen molar-refractivity contribution in [1.29, 1.82) is 0 Å². The van der Waals surface area contributed by atoms with Gasteiger partial charge >= 0.3 is 0 Å². The van der Waals surface area contributed by atoms with E-state index in [1.54, 1.807) is 12.0 Å². The van der Waals surface area contributed by atoms with Gasteiger partial charge in [0, 0.05) is 19.7 Å². The van der Waals surface area contributed by atoms with Crippen molar-refractivity contribution in [3.05, 3.63) is 35.4 Å². The monoisotopic (exact) mass is 304 g/mol. The Morgan fingerprint density at radius 2 is 2.18 bits per heavy atom. The Morgan fingerprint density at radius 3 is 2.86 bits per heavy atom. The summed E-state index contributed by atoms with van der Waals surface area (Å²) in [5.41, 5.74) is 1.85. The SMILES string of the molecule is CCC(C)NC(=O)C1c2ccccc2CC(=O)N1CCOC. The molecule has 0 saturated heterocycles. The predicted octanol–water partition coefficient (Wildman–Crippen LogP) is 1.67. The Labute approximate surface area is 131 Å². The van der Waals surface area contributed by atoms with Gasteiger partial charge in [-0.15, -0.1) is 0 Å². The summed E-state index contributed by atoms with van der Waals surface area (Å²) in [5, 5.41) is 2.99. The van der Waals surface area contributed by atoms with Gasteiger partial charge in [0.1, 0.15) is 6.04 Å². The first-order valence-electron chi connectivity index (χ1n) is 7.75. The molecular weight excluding hydrogens is 280 g/mol. The number of rotatable bonds is 6. The minimum absolute atomic E-state index is 0.0277. The molecule has 2 atom stereocenters. The van der Waals surface area contributed by atoms with E-state index in [1.807, 2.05) is 38.1 Å². The van der Waals surface area contributed by atoms with Crippen LogP contribution in [0.1, 0.15) is 37.4 Å². The van der Waals surface area contributed by atoms with Crippen molar-refractivity contribution >= 4 is 11.8 Å². The number of nitrogens with zero attached hydrogens (tertiary/aromatic N) is 1. The molecule has 5 nitrogen and oxygen atoms in total. The lowest BCUT2D eigenvalue weighted by Gasteiger charge is -2.36. The number of hydrogen-bond acceptors (Lipinski definition) is 3. The number of methoxy groups -OCH3 is 1. The van der Waals surface area contributed by atoms with Crippen molar-refractivity contribution in [2.75, 3.05) is 20.3 Å². The van der Waals surface area contributed by atoms with E-state index in [1.165, 1.54) is 0 Å². The summed E-state index contributed by atoms with van der Waals surface area (Å²) in [6.07, 6.45) is 1.19. The molecule has 0 bridgehead atoms. The zero-order chi connectivity index (χ0) is 16.1. The first kappa shape index (κ1) is 16.5. The zero-order valence-electron chi connectivity index (χ0n) is 13.5. The molecule has 1 heterocycles. The molecule has 0 aliphatic carbocycles. The Balaban J connectivity index is 2.33. The van der Waals surface area contributed by atoms with Crippen molar-refractivity contribution < 1.29 is 14.3 Å². The molecule has 1 aliphatic heterocycles. The molecule has 1 aromatic rings. The zero-order valence-corrected chi connectivity index (χ0v) is 13.5. The van der Waals surface area contributed by atoms with Crippen molar-refractivity contribution in [2.45, 2.75) is 38.8 Å². The molecule has 1 aliphatic rings. The van der Waals surface area contributed by atoms with E-state index in [9.17, 15) is 9.59 Å². The molecule has 0 radical (unpaired) electrons. The fraction of sp³-hybridized carbons (Fsp3) is 0.529. The summed E-state index contributed by atoms with van der Waals surface area (Å²) in [5.74, 6) is -0.147. The molecule has 0 aromatic heterocycles. The second-order valence-corrected chi connectivity index (χ2v) is 5.68. The van der Waals surface area contributed by atoms with E-state index in [-0.39, 0.29) is 17.9 Å². The number of benzene rings is 1. The Kier molecular flexibility index (Phi) is 5.55. The van der Waals surface area contributed by atoms with Gasteiger partial charge in [-0.05, 0) is 24.5 Å². The average Bonchev–Trinajstić information content (AvgIpc) is 2.52. The highest BCUT2D eigenvalue weighted by Crippen LogP contribution is 2.30. The predicted molar refractivity (Wildman–Crippen MR) is 84.4 cm³/mol. The molecule has 2 amide bonds. The number of fused-ring (bicyclic) bond motifs is 1. The molecule has 2 unspecified atom stereocenters. The van der Waals surface area contributed by atoms with Gasteiger partial charge in [-0.1, -0.05) is 31.2 Å². The Morgan fingerprint density at radius 1 is 1.45 bits per heavy atom. The highest BCUT2D eigenvalue weighted by atomic mass is 16.5. The van der Waals surface area contributed by atoms with Gasteiger partial charge in [-0.25, -0.2) is 0 Å². The van der Waals surface area contributed by atoms with Crippen molar-refractivity contribution in [1.82, 2.24) is 10.2 Å². The standard InChI is InChI=1S/C17H24N2O3/c1-4-12(2)18-17(21)16-14-8-6-5-7-13(14)11-15(20)19(16)9-10-22-3/h5-8,12,16H,4,9-11H2,1-3H3,(H,18,21). The highest BCUT2D eigenvalue weighted by molar-refractivity contribution is 5.92. The van der Waals surface area contributed by atoms with Crippen LogP contribution in [-0.2, 0) is 20.7 Å². The molecule has 0 fully saturated rings. The lowest BCUT2D eigenvalue weighted by Crippen LogP contribution is -2.49. The van der Waals surface area contributed by atoms with Gasteiger partial charge in [0.2, 0.25) is 11.8 Å². The van der Waals surface area contributed by atoms with Crippen LogP contribution in [0, 0.1) is 0 Å². The van der Waals surface area contributed by atoms with Gasteiger partial charge in [-0.2, -0.15) is 0 Å². The highest BCUT2D eigenvalue weighted by Gasteiger charge is 2.36. The molecular formula is C17H24N2O3. The van der Waals surface area contributed by atoms with Crippen LogP contribution < -0.4 is 5.32 Å². The number of amides is 2. The van der Waals surface area contributed by atoms with Gasteiger partial charge in [0.05, 0.1) is 13.0 Å². The molecule has 5 heteroatoms. The molecule has 0 saturated carbocycles. The molecule has 120 valence electrons. The Bertz CT molecular complexity index is 544. The largest absolute Gasteiger partial charge is 0.383 e. The summed E-state index contributed by atoms with van der Waals surface area (Å²) in [4.78, 5) is 26.8. The second-order valence-electron chi connectivity index (χ2n) is 5.68. The van der Waals surface area contributed by atoms with Crippen LogP contribution >= 0.6 is 0 Å². The number of nitrogens with one attached hydrogen (secondary N) is 1. The molecule has 0 spiro atoms. The van der Waals surface area contributed by atoms with Crippen molar-refractivity contribution in [3.63, 3.8) is 0 Å². The number of carbonyl (C=O) groups is 2. The number of carbonyl (C=O) groups excluding carboxylic acids is 2. The van der Waals surface area contributed by atoms with Crippen molar-refractivity contribution in [2.24, 2.45) is 0 Å². The molecule has 2 rings (SSSR count). The lowest BCUT2D eigenvalue weighted by molar-refractivity contribution is -0.142. The minimum atomic E-state index is -0.568. The number of hydrogen-bond donors (Lipinski definition) is 1. The van der Waals surface area contributed by atoms with Crippen molar-refractivity contribution in [3.8, 4) is 0 Å². The van der Waals surface area contributed by atoms with Crippen LogP contribution in [0.3, 0.4) is 0 Å². The third-order valence-corrected chi connectivity index (χ3v) is 4.11. The smallest absolute Gasteiger partial charge is 0.247 e. The third-order valence-electron chi connectivity index (χ3n) is 4.11. The molecule has 1 aromatic carbocycles. The van der Waals surface area contributed by atoms with Gasteiger partial charge < -0.3 is 15.0 Å². The lowest BCUT2D eigenvalue weighted by atomic mass is 9.91. The van der Waals surface area contributed by atoms with Crippen LogP contribution in [-0.4, -0.2) is 43.0 Å². The van der Waals surface area contributed by atoms with E-state index in [2.05, 4.69) is 5.32 Å². The maximum Gasteiger partial charge on any atom is 0.247 e. The van der Waals surface area contributed by atoms with E-state index in [4.69, 9.17) is 4.74 Å². The maximum absolute atomic E-state index is 12.7. The van der Waals surface area contributed by atoms with Crippen LogP contribution in [0.15, 0.2) is 24.3 Å². The average molecular weight is 304 g/mol. The first-order chi connectivity index (χ1) is 10.6. The topological polar surface area (TPSA) is 58.6 Å². The van der Waals surface area contributed by atoms with Crippen LogP contribution in [0.2, 0.25) is 0 Å². The van der Waals surface area contributed by atoms with E-state index in [0.29, 0.717) is 19.6 Å². The fourth-order valence-corrected chi connectivity index (χ4v) is 2.69. The third kappa shape index (κ3) is 3.47. The van der Waals surface area contributed by atoms with Crippen LogP contribution in [0.4, 0.5) is 0 Å². The minimum Gasteiger partial charge on any atom is -0.383 e. The fourth-order valence-electron chi connectivity index (χ4n) is 2.69. The maximum atomic E-state index is 12.7. The summed E-state index contributed by atoms with van der Waals surface area (Å²) in [6.45, 7) is 4.82. The quantitative estimate of drug-likeness (QED) is 0.870. The summed E-state index contributed by atoms with van der Waals surface area (Å²) >= 11 is 0. The van der Waals surface area contributed by atoms with E-state index < -0.39 is 6.04 Å². The Hall–Kier alpha value is -1.88. The number of ether oxygens (including phenoxy) is 1. The van der Waals surface area contributed by atoms with Gasteiger partial charge in [0.25, 0.3) is 0 Å². The molecule has 1 N–H and O–H groups in total. The second kappa shape index (κ2) is 7.40. The van der Waals surface area contributed by atoms with E-state index >= 15 is 0 Å². The molecule has 22 heavy (non-hydrogen) atoms.